The molecule has 2 atom stereocenters. The zero-order chi connectivity index (χ0) is 28.1. The van der Waals surface area contributed by atoms with Crippen LogP contribution in [0.4, 0.5) is 17.5 Å². The fraction of sp³-hybridized carbons (Fsp3) is 0.100. The van der Waals surface area contributed by atoms with Gasteiger partial charge in [-0.15, -0.1) is 0 Å². The summed E-state index contributed by atoms with van der Waals surface area (Å²) in [5.74, 6) is 5.49. The lowest BCUT2D eigenvalue weighted by Gasteiger charge is -2.36. The second-order valence-electron chi connectivity index (χ2n) is 9.69. The number of aromatic nitrogens is 2. The van der Waals surface area contributed by atoms with Crippen molar-refractivity contribution in [3.8, 4) is 5.69 Å². The van der Waals surface area contributed by atoms with Crippen LogP contribution < -0.4 is 21.8 Å². The summed E-state index contributed by atoms with van der Waals surface area (Å²) in [5, 5.41) is 8.61. The number of amides is 1. The van der Waals surface area contributed by atoms with Gasteiger partial charge >= 0.3 is 0 Å². The molecule has 4 heterocycles. The number of thioether (sulfide) groups is 1. The normalized spacial score (nSPS) is 19.4. The molecule has 1 aromatic heterocycles. The summed E-state index contributed by atoms with van der Waals surface area (Å²) in [6.45, 7) is 1.85. The number of nitrogens with zero attached hydrogens (tertiary/aromatic N) is 6. The number of carbonyl (C=O) groups excluding carboxylic acids is 1. The monoisotopic (exact) mass is 560 g/mol. The molecule has 0 bridgehead atoms. The molecule has 3 aromatic carbocycles. The van der Waals surface area contributed by atoms with Crippen molar-refractivity contribution in [1.82, 2.24) is 14.5 Å². The number of fused-ring (bicyclic) bond motifs is 2. The zero-order valence-corrected chi connectivity index (χ0v) is 22.7. The van der Waals surface area contributed by atoms with Crippen molar-refractivity contribution in [3.05, 3.63) is 124 Å². The number of benzene rings is 3. The summed E-state index contributed by atoms with van der Waals surface area (Å²) < 4.78 is 1.45. The highest BCUT2D eigenvalue weighted by Gasteiger charge is 2.47. The Morgan fingerprint density at radius 3 is 2.17 bits per heavy atom. The van der Waals surface area contributed by atoms with Crippen LogP contribution in [0.25, 0.3) is 5.69 Å². The number of carbonyl (C=O) groups is 1. The topological polar surface area (TPSA) is 121 Å². The maximum Gasteiger partial charge on any atom is 0.267 e. The quantitative estimate of drug-likeness (QED) is 0.272. The van der Waals surface area contributed by atoms with Crippen LogP contribution >= 0.6 is 11.8 Å². The number of nitrogens with two attached hydrogens (primary N) is 1. The van der Waals surface area contributed by atoms with E-state index in [-0.39, 0.29) is 23.2 Å². The molecule has 0 aliphatic carbocycles. The van der Waals surface area contributed by atoms with Crippen LogP contribution in [0.3, 0.4) is 0 Å². The van der Waals surface area contributed by atoms with Gasteiger partial charge in [0.25, 0.3) is 11.5 Å². The van der Waals surface area contributed by atoms with Gasteiger partial charge in [-0.3, -0.25) is 15.0 Å². The molecular weight excluding hydrogens is 536 g/mol. The number of hydrogen-bond donors (Lipinski definition) is 2. The first-order valence-electron chi connectivity index (χ1n) is 13.0. The standard InChI is InChI=1S/C30H24N8O2S/c1-18-23(28(40)38(35-18)21-15-9-4-10-16-21)22-17-41-30-33-26-24(25(37(22)30)19-11-5-2-6-12-19)27(39)36(29(32-26)34-31)20-13-7-3-8-14-20/h2-17,23,25H,31H2,1H3,(H,32,34). The van der Waals surface area contributed by atoms with Gasteiger partial charge in [0.15, 0.2) is 11.0 Å². The Hall–Kier alpha value is -5.00. The molecular formula is C30H24N8O2S. The number of nitrogens with one attached hydrogen (secondary N) is 1. The third kappa shape index (κ3) is 3.97. The minimum Gasteiger partial charge on any atom is -0.311 e. The van der Waals surface area contributed by atoms with E-state index in [4.69, 9.17) is 10.8 Å². The lowest BCUT2D eigenvalue weighted by molar-refractivity contribution is -0.119. The SMILES string of the molecule is CC1=NN(c2ccccc2)C(=O)C1C1=CSC2=Nc3nc(NN)n(-c4ccccc4)c(=O)c3C(c3ccccc3)N12. The van der Waals surface area contributed by atoms with Crippen molar-refractivity contribution in [2.45, 2.75) is 13.0 Å². The highest BCUT2D eigenvalue weighted by Crippen LogP contribution is 2.48. The molecule has 0 radical (unpaired) electrons. The fourth-order valence-corrected chi connectivity index (χ4v) is 6.42. The number of anilines is 2. The molecule has 7 rings (SSSR count). The van der Waals surface area contributed by atoms with Gasteiger partial charge in [-0.1, -0.05) is 78.5 Å². The minimum absolute atomic E-state index is 0.165. The number of hydrazine groups is 1. The number of hydrazone groups is 1. The molecule has 0 saturated heterocycles. The second-order valence-corrected chi connectivity index (χ2v) is 10.5. The molecule has 3 aliphatic heterocycles. The number of nitrogen functional groups attached to an aromatic ring is 1. The van der Waals surface area contributed by atoms with Gasteiger partial charge in [0, 0.05) is 5.70 Å². The highest BCUT2D eigenvalue weighted by atomic mass is 32.2. The van der Waals surface area contributed by atoms with Crippen LogP contribution in [-0.2, 0) is 4.79 Å². The van der Waals surface area contributed by atoms with Gasteiger partial charge in [0.05, 0.1) is 28.7 Å². The Kier molecular flexibility index (Phi) is 6.02. The Labute approximate surface area is 239 Å². The van der Waals surface area contributed by atoms with E-state index in [1.54, 1.807) is 0 Å². The van der Waals surface area contributed by atoms with Gasteiger partial charge in [-0.05, 0) is 42.2 Å². The minimum atomic E-state index is -0.641. The van der Waals surface area contributed by atoms with Gasteiger partial charge in [0.2, 0.25) is 5.95 Å². The molecule has 4 aromatic rings. The fourth-order valence-electron chi connectivity index (χ4n) is 5.48. The van der Waals surface area contributed by atoms with Crippen molar-refractivity contribution in [3.63, 3.8) is 0 Å². The van der Waals surface area contributed by atoms with Gasteiger partial charge in [0.1, 0.15) is 5.92 Å². The molecule has 0 spiro atoms. The van der Waals surface area contributed by atoms with Crippen molar-refractivity contribution in [2.24, 2.45) is 21.9 Å². The molecule has 0 saturated carbocycles. The molecule has 202 valence electrons. The molecule has 11 heteroatoms. The summed E-state index contributed by atoms with van der Waals surface area (Å²) in [4.78, 5) is 39.7. The van der Waals surface area contributed by atoms with Crippen LogP contribution in [0.5, 0.6) is 0 Å². The first-order chi connectivity index (χ1) is 20.1. The largest absolute Gasteiger partial charge is 0.311 e. The Balaban J connectivity index is 1.39. The van der Waals surface area contributed by atoms with E-state index in [2.05, 4.69) is 15.5 Å². The zero-order valence-electron chi connectivity index (χ0n) is 21.9. The van der Waals surface area contributed by atoms with E-state index in [9.17, 15) is 9.59 Å². The maximum absolute atomic E-state index is 14.4. The predicted molar refractivity (Wildman–Crippen MR) is 161 cm³/mol. The average molecular weight is 561 g/mol. The lowest BCUT2D eigenvalue weighted by atomic mass is 9.93. The number of aliphatic imine (C=N–C) groups is 1. The summed E-state index contributed by atoms with van der Waals surface area (Å²) in [6.07, 6.45) is 0. The van der Waals surface area contributed by atoms with Crippen LogP contribution in [0, 0.1) is 5.92 Å². The molecule has 2 unspecified atom stereocenters. The molecule has 1 amide bonds. The second kappa shape index (κ2) is 9.88. The van der Waals surface area contributed by atoms with E-state index >= 15 is 0 Å². The van der Waals surface area contributed by atoms with Crippen molar-refractivity contribution < 1.29 is 4.79 Å². The van der Waals surface area contributed by atoms with Crippen molar-refractivity contribution in [2.75, 3.05) is 10.4 Å². The number of rotatable bonds is 5. The van der Waals surface area contributed by atoms with Crippen molar-refractivity contribution in [1.29, 1.82) is 0 Å². The predicted octanol–water partition coefficient (Wildman–Crippen LogP) is 4.54. The van der Waals surface area contributed by atoms with Gasteiger partial charge < -0.3 is 4.90 Å². The van der Waals surface area contributed by atoms with E-state index in [0.29, 0.717) is 33.5 Å². The molecule has 3 N–H and O–H groups in total. The van der Waals surface area contributed by atoms with E-state index in [0.717, 1.165) is 5.56 Å². The third-order valence-electron chi connectivity index (χ3n) is 7.29. The summed E-state index contributed by atoms with van der Waals surface area (Å²) >= 11 is 1.39. The highest BCUT2D eigenvalue weighted by molar-refractivity contribution is 8.16. The molecule has 41 heavy (non-hydrogen) atoms. The first-order valence-corrected chi connectivity index (χ1v) is 13.9. The van der Waals surface area contributed by atoms with Gasteiger partial charge in [-0.25, -0.2) is 15.4 Å². The number of para-hydroxylation sites is 2. The summed E-state index contributed by atoms with van der Waals surface area (Å²) in [7, 11) is 0. The maximum atomic E-state index is 14.4. The smallest absolute Gasteiger partial charge is 0.267 e. The number of hydrogen-bond acceptors (Lipinski definition) is 9. The third-order valence-corrected chi connectivity index (χ3v) is 8.15. The van der Waals surface area contributed by atoms with Crippen LogP contribution in [0.1, 0.15) is 24.1 Å². The van der Waals surface area contributed by atoms with E-state index in [1.807, 2.05) is 108 Å². The van der Waals surface area contributed by atoms with Crippen LogP contribution in [0.15, 0.2) is 117 Å². The Bertz CT molecular complexity index is 1820. The summed E-state index contributed by atoms with van der Waals surface area (Å²) in [5.41, 5.74) is 6.19. The van der Waals surface area contributed by atoms with E-state index in [1.165, 1.54) is 21.3 Å². The Morgan fingerprint density at radius 1 is 0.878 bits per heavy atom. The van der Waals surface area contributed by atoms with Crippen LogP contribution in [-0.4, -0.2) is 31.2 Å². The summed E-state index contributed by atoms with van der Waals surface area (Å²) in [6, 6.07) is 27.7. The molecule has 0 fully saturated rings. The first kappa shape index (κ1) is 25.0. The Morgan fingerprint density at radius 2 is 1.51 bits per heavy atom. The number of amidine groups is 1. The lowest BCUT2D eigenvalue weighted by Crippen LogP contribution is -2.42. The van der Waals surface area contributed by atoms with Crippen molar-refractivity contribution >= 4 is 46.0 Å². The van der Waals surface area contributed by atoms with Crippen LogP contribution in [0.2, 0.25) is 0 Å². The van der Waals surface area contributed by atoms with E-state index < -0.39 is 12.0 Å². The van der Waals surface area contributed by atoms with Gasteiger partial charge in [-0.2, -0.15) is 15.1 Å². The average Bonchev–Trinajstić information content (AvgIpc) is 3.56. The molecule has 3 aliphatic rings. The molecule has 10 nitrogen and oxygen atoms in total.